The maximum atomic E-state index is 6.38. The molecule has 98 valence electrons. The molecule has 3 rings (SSSR count). The van der Waals surface area contributed by atoms with Gasteiger partial charge in [-0.3, -0.25) is 9.88 Å². The highest BCUT2D eigenvalue weighted by atomic mass is 15.2. The second kappa shape index (κ2) is 4.98. The fourth-order valence-corrected chi connectivity index (χ4v) is 3.71. The van der Waals surface area contributed by atoms with Gasteiger partial charge in [-0.15, -0.1) is 0 Å². The number of aromatic nitrogens is 1. The van der Waals surface area contributed by atoms with Crippen molar-refractivity contribution in [1.82, 2.24) is 9.88 Å². The number of hydrogen-bond acceptors (Lipinski definition) is 3. The minimum absolute atomic E-state index is 0.194. The van der Waals surface area contributed by atoms with E-state index < -0.39 is 0 Å². The van der Waals surface area contributed by atoms with Crippen LogP contribution in [-0.2, 0) is 0 Å². The number of pyridine rings is 1. The van der Waals surface area contributed by atoms with E-state index in [2.05, 4.69) is 28.9 Å². The fraction of sp³-hybridized carbons (Fsp3) is 0.667. The molecule has 2 aliphatic rings. The van der Waals surface area contributed by atoms with Crippen molar-refractivity contribution in [3.05, 3.63) is 30.1 Å². The van der Waals surface area contributed by atoms with E-state index in [1.54, 1.807) is 0 Å². The first-order chi connectivity index (χ1) is 8.79. The van der Waals surface area contributed by atoms with Crippen LogP contribution in [-0.4, -0.2) is 28.5 Å². The van der Waals surface area contributed by atoms with Crippen molar-refractivity contribution in [2.45, 2.75) is 50.7 Å². The Balaban J connectivity index is 1.87. The molecule has 1 saturated heterocycles. The average molecular weight is 245 g/mol. The maximum Gasteiger partial charge on any atom is 0.0676 e. The van der Waals surface area contributed by atoms with E-state index in [4.69, 9.17) is 5.73 Å². The number of likely N-dealkylation sites (tertiary alicyclic amines) is 1. The van der Waals surface area contributed by atoms with Gasteiger partial charge in [0.05, 0.1) is 11.7 Å². The lowest BCUT2D eigenvalue weighted by Crippen LogP contribution is -2.44. The van der Waals surface area contributed by atoms with Crippen LogP contribution in [0, 0.1) is 5.92 Å². The Morgan fingerprint density at radius 1 is 1.44 bits per heavy atom. The molecule has 1 aromatic heterocycles. The largest absolute Gasteiger partial charge is 0.326 e. The third-order valence-corrected chi connectivity index (χ3v) is 4.68. The zero-order valence-corrected chi connectivity index (χ0v) is 11.1. The molecule has 2 heterocycles. The first kappa shape index (κ1) is 12.1. The minimum Gasteiger partial charge on any atom is -0.326 e. The van der Waals surface area contributed by atoms with E-state index >= 15 is 0 Å². The molecule has 1 aliphatic carbocycles. The Bertz CT molecular complexity index is 392. The van der Waals surface area contributed by atoms with E-state index in [9.17, 15) is 0 Å². The van der Waals surface area contributed by atoms with Crippen LogP contribution in [0.4, 0.5) is 0 Å². The SMILES string of the molecule is CCC(N)C(c1ccccn1)N1CC2CCC1C2. The van der Waals surface area contributed by atoms with Gasteiger partial charge in [0, 0.05) is 24.8 Å². The van der Waals surface area contributed by atoms with E-state index in [1.807, 2.05) is 12.3 Å². The zero-order chi connectivity index (χ0) is 12.5. The van der Waals surface area contributed by atoms with Gasteiger partial charge in [0.2, 0.25) is 0 Å². The van der Waals surface area contributed by atoms with Crippen LogP contribution in [0.2, 0.25) is 0 Å². The molecule has 2 bridgehead atoms. The Labute approximate surface area is 109 Å². The molecule has 0 amide bonds. The molecular formula is C15H23N3. The molecule has 3 heteroatoms. The molecule has 2 N–H and O–H groups in total. The molecular weight excluding hydrogens is 222 g/mol. The summed E-state index contributed by atoms with van der Waals surface area (Å²) in [4.78, 5) is 7.18. The summed E-state index contributed by atoms with van der Waals surface area (Å²) in [5.74, 6) is 0.908. The van der Waals surface area contributed by atoms with Gasteiger partial charge >= 0.3 is 0 Å². The highest BCUT2D eigenvalue weighted by Crippen LogP contribution is 2.42. The van der Waals surface area contributed by atoms with Crippen molar-refractivity contribution in [3.63, 3.8) is 0 Å². The van der Waals surface area contributed by atoms with Gasteiger partial charge in [-0.05, 0) is 43.7 Å². The van der Waals surface area contributed by atoms with Gasteiger partial charge in [0.1, 0.15) is 0 Å². The van der Waals surface area contributed by atoms with Crippen LogP contribution < -0.4 is 5.73 Å². The Hall–Kier alpha value is -0.930. The van der Waals surface area contributed by atoms with Crippen LogP contribution in [0.1, 0.15) is 44.3 Å². The molecule has 1 saturated carbocycles. The van der Waals surface area contributed by atoms with Crippen molar-refractivity contribution in [2.24, 2.45) is 11.7 Å². The van der Waals surface area contributed by atoms with E-state index in [0.29, 0.717) is 6.04 Å². The number of rotatable bonds is 4. The summed E-state index contributed by atoms with van der Waals surface area (Å²) in [6, 6.07) is 7.44. The Morgan fingerprint density at radius 2 is 2.33 bits per heavy atom. The summed E-state index contributed by atoms with van der Waals surface area (Å²) in [7, 11) is 0. The Kier molecular flexibility index (Phi) is 3.35. The van der Waals surface area contributed by atoms with E-state index in [0.717, 1.165) is 24.1 Å². The summed E-state index contributed by atoms with van der Waals surface area (Å²) >= 11 is 0. The standard InChI is InChI=1S/C15H23N3/c1-2-13(16)15(14-5-3-4-8-17-14)18-10-11-6-7-12(18)9-11/h3-5,8,11-13,15H,2,6-7,9-10,16H2,1H3. The molecule has 18 heavy (non-hydrogen) atoms. The van der Waals surface area contributed by atoms with Crippen molar-refractivity contribution in [3.8, 4) is 0 Å². The summed E-state index contributed by atoms with van der Waals surface area (Å²) in [6.45, 7) is 3.40. The van der Waals surface area contributed by atoms with Gasteiger partial charge in [-0.25, -0.2) is 0 Å². The normalized spacial score (nSPS) is 30.6. The number of piperidine rings is 1. The first-order valence-electron chi connectivity index (χ1n) is 7.22. The monoisotopic (exact) mass is 245 g/mol. The highest BCUT2D eigenvalue weighted by Gasteiger charge is 2.43. The molecule has 4 atom stereocenters. The Morgan fingerprint density at radius 3 is 2.89 bits per heavy atom. The quantitative estimate of drug-likeness (QED) is 0.885. The van der Waals surface area contributed by atoms with Crippen molar-refractivity contribution in [1.29, 1.82) is 0 Å². The predicted molar refractivity (Wildman–Crippen MR) is 73.1 cm³/mol. The van der Waals surface area contributed by atoms with Gasteiger partial charge in [-0.1, -0.05) is 13.0 Å². The van der Waals surface area contributed by atoms with Crippen LogP contribution in [0.15, 0.2) is 24.4 Å². The number of nitrogens with two attached hydrogens (primary N) is 1. The molecule has 4 unspecified atom stereocenters. The number of fused-ring (bicyclic) bond motifs is 2. The van der Waals surface area contributed by atoms with Crippen LogP contribution in [0.5, 0.6) is 0 Å². The maximum absolute atomic E-state index is 6.38. The smallest absolute Gasteiger partial charge is 0.0676 e. The molecule has 0 radical (unpaired) electrons. The van der Waals surface area contributed by atoms with Crippen molar-refractivity contribution < 1.29 is 0 Å². The highest BCUT2D eigenvalue weighted by molar-refractivity contribution is 5.13. The lowest BCUT2D eigenvalue weighted by Gasteiger charge is -2.37. The van der Waals surface area contributed by atoms with Gasteiger partial charge in [0.25, 0.3) is 0 Å². The topological polar surface area (TPSA) is 42.1 Å². The molecule has 1 aromatic rings. The molecule has 0 spiro atoms. The van der Waals surface area contributed by atoms with E-state index in [1.165, 1.54) is 25.8 Å². The van der Waals surface area contributed by atoms with Crippen molar-refractivity contribution in [2.75, 3.05) is 6.54 Å². The second-order valence-corrected chi connectivity index (χ2v) is 5.80. The molecule has 1 aliphatic heterocycles. The fourth-order valence-electron chi connectivity index (χ4n) is 3.71. The van der Waals surface area contributed by atoms with Gasteiger partial charge in [-0.2, -0.15) is 0 Å². The van der Waals surface area contributed by atoms with E-state index in [-0.39, 0.29) is 6.04 Å². The summed E-state index contributed by atoms with van der Waals surface area (Å²) in [5, 5.41) is 0. The van der Waals surface area contributed by atoms with Crippen LogP contribution in [0.3, 0.4) is 0 Å². The zero-order valence-electron chi connectivity index (χ0n) is 11.1. The van der Waals surface area contributed by atoms with Gasteiger partial charge < -0.3 is 5.73 Å². The summed E-state index contributed by atoms with van der Waals surface area (Å²) in [5.41, 5.74) is 7.53. The lowest BCUT2D eigenvalue weighted by atomic mass is 9.98. The van der Waals surface area contributed by atoms with Gasteiger partial charge in [0.15, 0.2) is 0 Å². The summed E-state index contributed by atoms with van der Waals surface area (Å²) in [6.07, 6.45) is 7.04. The molecule has 0 aromatic carbocycles. The predicted octanol–water partition coefficient (Wildman–Crippen LogP) is 2.34. The molecule has 2 fully saturated rings. The first-order valence-corrected chi connectivity index (χ1v) is 7.22. The number of hydrogen-bond donors (Lipinski definition) is 1. The second-order valence-electron chi connectivity index (χ2n) is 5.80. The summed E-state index contributed by atoms with van der Waals surface area (Å²) < 4.78 is 0. The van der Waals surface area contributed by atoms with Crippen LogP contribution in [0.25, 0.3) is 0 Å². The lowest BCUT2D eigenvalue weighted by molar-refractivity contribution is 0.124. The van der Waals surface area contributed by atoms with Crippen molar-refractivity contribution >= 4 is 0 Å². The number of nitrogens with zero attached hydrogens (tertiary/aromatic N) is 2. The third-order valence-electron chi connectivity index (χ3n) is 4.68. The average Bonchev–Trinajstić information content (AvgIpc) is 3.02. The minimum atomic E-state index is 0.194. The van der Waals surface area contributed by atoms with Crippen LogP contribution >= 0.6 is 0 Å². The third kappa shape index (κ3) is 2.06. The molecule has 3 nitrogen and oxygen atoms in total.